The smallest absolute Gasteiger partial charge is 0.148 e. The summed E-state index contributed by atoms with van der Waals surface area (Å²) in [5.41, 5.74) is 6.65. The van der Waals surface area contributed by atoms with E-state index in [-0.39, 0.29) is 11.7 Å². The molecule has 0 unspecified atom stereocenters. The molecule has 1 rings (SSSR count). The predicted molar refractivity (Wildman–Crippen MR) is 75.7 cm³/mol. The van der Waals surface area contributed by atoms with E-state index in [2.05, 4.69) is 9.97 Å². The van der Waals surface area contributed by atoms with Crippen LogP contribution in [0.1, 0.15) is 31.2 Å². The van der Waals surface area contributed by atoms with E-state index in [4.69, 9.17) is 5.73 Å². The molecule has 0 saturated carbocycles. The van der Waals surface area contributed by atoms with Gasteiger partial charge in [0, 0.05) is 23.5 Å². The molecule has 7 heteroatoms. The highest BCUT2D eigenvalue weighted by Gasteiger charge is 2.12. The predicted octanol–water partition coefficient (Wildman–Crippen LogP) is 1.63. The fraction of sp³-hybridized carbons (Fsp3) is 0.636. The van der Waals surface area contributed by atoms with Gasteiger partial charge < -0.3 is 5.73 Å². The number of nitrogen functional groups attached to an aromatic ring is 1. The molecule has 1 aromatic rings. The number of rotatable bonds is 5. The first-order valence-corrected chi connectivity index (χ1v) is 8.70. The van der Waals surface area contributed by atoms with E-state index in [1.807, 2.05) is 20.8 Å². The van der Waals surface area contributed by atoms with Gasteiger partial charge in [0.15, 0.2) is 0 Å². The molecule has 1 heterocycles. The van der Waals surface area contributed by atoms with Crippen LogP contribution >= 0.6 is 11.8 Å². The highest BCUT2D eigenvalue weighted by Crippen LogP contribution is 2.25. The van der Waals surface area contributed by atoms with Crippen molar-refractivity contribution in [1.29, 1.82) is 0 Å². The zero-order valence-corrected chi connectivity index (χ0v) is 12.7. The third-order valence-electron chi connectivity index (χ3n) is 2.37. The van der Waals surface area contributed by atoms with Crippen LogP contribution < -0.4 is 5.73 Å². The summed E-state index contributed by atoms with van der Waals surface area (Å²) >= 11 is 1.41. The lowest BCUT2D eigenvalue weighted by Crippen LogP contribution is -2.08. The number of nitrogens with zero attached hydrogens (tertiary/aromatic N) is 2. The third kappa shape index (κ3) is 4.45. The number of aromatic nitrogens is 2. The number of anilines is 1. The Morgan fingerprint density at radius 2 is 1.94 bits per heavy atom. The van der Waals surface area contributed by atoms with Crippen molar-refractivity contribution < 1.29 is 8.42 Å². The molecule has 102 valence electrons. The second-order valence-electron chi connectivity index (χ2n) is 4.53. The standard InChI is InChI=1S/C11H19N3O2S2/c1-7(2)10-13-9(12)8(3)11(14-10)17-5-6-18(4,15)16/h7H,5-6H2,1-4H3,(H2,12,13,14). The van der Waals surface area contributed by atoms with E-state index in [0.29, 0.717) is 17.4 Å². The first kappa shape index (κ1) is 15.2. The average Bonchev–Trinajstić information content (AvgIpc) is 2.21. The third-order valence-corrected chi connectivity index (χ3v) is 4.65. The molecule has 0 amide bonds. The van der Waals surface area contributed by atoms with Crippen LogP contribution in [-0.2, 0) is 9.84 Å². The highest BCUT2D eigenvalue weighted by atomic mass is 32.2. The Bertz CT molecular complexity index is 527. The number of nitrogens with two attached hydrogens (primary N) is 1. The van der Waals surface area contributed by atoms with Crippen LogP contribution in [-0.4, -0.2) is 36.1 Å². The summed E-state index contributed by atoms with van der Waals surface area (Å²) in [7, 11) is -2.94. The summed E-state index contributed by atoms with van der Waals surface area (Å²) in [5, 5.41) is 0.773. The molecule has 0 aliphatic carbocycles. The minimum atomic E-state index is -2.94. The van der Waals surface area contributed by atoms with Crippen molar-refractivity contribution in [3.05, 3.63) is 11.4 Å². The van der Waals surface area contributed by atoms with Gasteiger partial charge in [-0.2, -0.15) is 0 Å². The van der Waals surface area contributed by atoms with Crippen molar-refractivity contribution in [1.82, 2.24) is 9.97 Å². The fourth-order valence-electron chi connectivity index (χ4n) is 1.22. The van der Waals surface area contributed by atoms with Gasteiger partial charge in [-0.25, -0.2) is 18.4 Å². The molecular weight excluding hydrogens is 270 g/mol. The van der Waals surface area contributed by atoms with E-state index >= 15 is 0 Å². The quantitative estimate of drug-likeness (QED) is 0.655. The fourth-order valence-corrected chi connectivity index (χ4v) is 3.43. The molecule has 0 aromatic carbocycles. The molecule has 2 N–H and O–H groups in total. The van der Waals surface area contributed by atoms with E-state index in [1.165, 1.54) is 18.0 Å². The molecule has 0 radical (unpaired) electrons. The van der Waals surface area contributed by atoms with Gasteiger partial charge in [0.05, 0.1) is 5.75 Å². The minimum Gasteiger partial charge on any atom is -0.383 e. The zero-order chi connectivity index (χ0) is 13.9. The Hall–Kier alpha value is -0.820. The summed E-state index contributed by atoms with van der Waals surface area (Å²) in [4.78, 5) is 8.65. The maximum atomic E-state index is 11.1. The van der Waals surface area contributed by atoms with Gasteiger partial charge in [0.25, 0.3) is 0 Å². The van der Waals surface area contributed by atoms with E-state index in [0.717, 1.165) is 10.6 Å². The molecule has 18 heavy (non-hydrogen) atoms. The first-order valence-electron chi connectivity index (χ1n) is 5.65. The summed E-state index contributed by atoms with van der Waals surface area (Å²) in [6.07, 6.45) is 1.23. The van der Waals surface area contributed by atoms with Crippen LogP contribution in [0.25, 0.3) is 0 Å². The Kier molecular flexibility index (Phi) is 4.98. The van der Waals surface area contributed by atoms with Crippen LogP contribution in [0.2, 0.25) is 0 Å². The van der Waals surface area contributed by atoms with E-state index < -0.39 is 9.84 Å². The number of hydrogen-bond donors (Lipinski definition) is 1. The van der Waals surface area contributed by atoms with Gasteiger partial charge in [-0.1, -0.05) is 13.8 Å². The van der Waals surface area contributed by atoms with Crippen molar-refractivity contribution in [3.8, 4) is 0 Å². The van der Waals surface area contributed by atoms with E-state index in [1.54, 1.807) is 0 Å². The van der Waals surface area contributed by atoms with Gasteiger partial charge in [-0.05, 0) is 6.92 Å². The molecule has 5 nitrogen and oxygen atoms in total. The van der Waals surface area contributed by atoms with Crippen LogP contribution in [0.5, 0.6) is 0 Å². The van der Waals surface area contributed by atoms with Crippen molar-refractivity contribution in [2.45, 2.75) is 31.7 Å². The molecule has 0 bridgehead atoms. The summed E-state index contributed by atoms with van der Waals surface area (Å²) in [5.74, 6) is 1.98. The lowest BCUT2D eigenvalue weighted by Gasteiger charge is -2.11. The number of hydrogen-bond acceptors (Lipinski definition) is 6. The lowest BCUT2D eigenvalue weighted by molar-refractivity contribution is 0.603. The zero-order valence-electron chi connectivity index (χ0n) is 11.1. The van der Waals surface area contributed by atoms with Crippen molar-refractivity contribution >= 4 is 27.4 Å². The second-order valence-corrected chi connectivity index (χ2v) is 7.87. The summed E-state index contributed by atoms with van der Waals surface area (Å²) < 4.78 is 22.2. The molecule has 0 fully saturated rings. The number of thioether (sulfide) groups is 1. The Morgan fingerprint density at radius 1 is 1.33 bits per heavy atom. The van der Waals surface area contributed by atoms with Crippen LogP contribution in [0.4, 0.5) is 5.82 Å². The van der Waals surface area contributed by atoms with Crippen LogP contribution in [0.3, 0.4) is 0 Å². The first-order chi connectivity index (χ1) is 8.20. The molecule has 1 aromatic heterocycles. The minimum absolute atomic E-state index is 0.137. The van der Waals surface area contributed by atoms with Crippen LogP contribution in [0, 0.1) is 6.92 Å². The molecule has 0 atom stereocenters. The second kappa shape index (κ2) is 5.88. The van der Waals surface area contributed by atoms with Gasteiger partial charge in [-0.3, -0.25) is 0 Å². The molecule has 0 aliphatic rings. The summed E-state index contributed by atoms with van der Waals surface area (Å²) in [6.45, 7) is 5.84. The highest BCUT2D eigenvalue weighted by molar-refractivity contribution is 8.00. The molecular formula is C11H19N3O2S2. The Morgan fingerprint density at radius 3 is 2.44 bits per heavy atom. The maximum Gasteiger partial charge on any atom is 0.148 e. The normalized spacial score (nSPS) is 12.1. The topological polar surface area (TPSA) is 85.9 Å². The number of sulfone groups is 1. The van der Waals surface area contributed by atoms with Crippen molar-refractivity contribution in [2.75, 3.05) is 23.5 Å². The SMILES string of the molecule is Cc1c(N)nc(C(C)C)nc1SCCS(C)(=O)=O. The van der Waals surface area contributed by atoms with Crippen molar-refractivity contribution in [3.63, 3.8) is 0 Å². The molecule has 0 spiro atoms. The lowest BCUT2D eigenvalue weighted by atomic mass is 10.2. The largest absolute Gasteiger partial charge is 0.383 e. The van der Waals surface area contributed by atoms with Gasteiger partial charge in [0.2, 0.25) is 0 Å². The Balaban J connectivity index is 2.88. The monoisotopic (exact) mass is 289 g/mol. The van der Waals surface area contributed by atoms with Gasteiger partial charge >= 0.3 is 0 Å². The summed E-state index contributed by atoms with van der Waals surface area (Å²) in [6, 6.07) is 0. The maximum absolute atomic E-state index is 11.1. The van der Waals surface area contributed by atoms with Crippen molar-refractivity contribution in [2.24, 2.45) is 0 Å². The molecule has 0 aliphatic heterocycles. The Labute approximate surface area is 113 Å². The average molecular weight is 289 g/mol. The van der Waals surface area contributed by atoms with Gasteiger partial charge in [-0.15, -0.1) is 11.8 Å². The molecule has 0 saturated heterocycles. The van der Waals surface area contributed by atoms with E-state index in [9.17, 15) is 8.42 Å². The van der Waals surface area contributed by atoms with Crippen LogP contribution in [0.15, 0.2) is 5.03 Å². The van der Waals surface area contributed by atoms with Gasteiger partial charge in [0.1, 0.15) is 26.5 Å².